The predicted octanol–water partition coefficient (Wildman–Crippen LogP) is 2.94. The van der Waals surface area contributed by atoms with Crippen molar-refractivity contribution in [3.05, 3.63) is 29.7 Å². The van der Waals surface area contributed by atoms with E-state index in [2.05, 4.69) is 18.0 Å². The van der Waals surface area contributed by atoms with Gasteiger partial charge in [-0.3, -0.25) is 0 Å². The first kappa shape index (κ1) is 9.41. The molecule has 3 nitrogen and oxygen atoms in total. The minimum absolute atomic E-state index is 0.0236. The van der Waals surface area contributed by atoms with Crippen molar-refractivity contribution in [2.45, 2.75) is 25.7 Å². The molecular formula is C13H12N2O. The van der Waals surface area contributed by atoms with Gasteiger partial charge >= 0.3 is 0 Å². The third-order valence-corrected chi connectivity index (χ3v) is 3.55. The van der Waals surface area contributed by atoms with Crippen LogP contribution in [0.5, 0.6) is 0 Å². The second kappa shape index (κ2) is 2.85. The van der Waals surface area contributed by atoms with Crippen LogP contribution in [0.2, 0.25) is 0 Å². The van der Waals surface area contributed by atoms with Crippen LogP contribution < -0.4 is 0 Å². The Labute approximate surface area is 93.7 Å². The summed E-state index contributed by atoms with van der Waals surface area (Å²) in [5, 5.41) is 8.94. The van der Waals surface area contributed by atoms with E-state index in [1.54, 1.807) is 0 Å². The summed E-state index contributed by atoms with van der Waals surface area (Å²) >= 11 is 0. The number of aryl methyl sites for hydroxylation is 1. The molecule has 1 saturated carbocycles. The Morgan fingerprint density at radius 2 is 2.38 bits per heavy atom. The minimum Gasteiger partial charge on any atom is -0.441 e. The maximum atomic E-state index is 8.94. The lowest BCUT2D eigenvalue weighted by Gasteiger charge is -2.08. The zero-order chi connectivity index (χ0) is 11.3. The van der Waals surface area contributed by atoms with E-state index in [0.29, 0.717) is 5.89 Å². The molecule has 1 fully saturated rings. The molecule has 1 aliphatic carbocycles. The van der Waals surface area contributed by atoms with Gasteiger partial charge in [-0.25, -0.2) is 4.98 Å². The molecule has 1 aromatic heterocycles. The molecule has 0 amide bonds. The van der Waals surface area contributed by atoms with Gasteiger partial charge in [0.25, 0.3) is 0 Å². The van der Waals surface area contributed by atoms with Gasteiger partial charge in [-0.2, -0.15) is 5.26 Å². The maximum Gasteiger partial charge on any atom is 0.192 e. The van der Waals surface area contributed by atoms with Crippen molar-refractivity contribution in [2.24, 2.45) is 5.92 Å². The summed E-state index contributed by atoms with van der Waals surface area (Å²) < 4.78 is 5.43. The largest absolute Gasteiger partial charge is 0.441 e. The average molecular weight is 212 g/mol. The zero-order valence-corrected chi connectivity index (χ0v) is 9.32. The molecule has 1 heterocycles. The van der Waals surface area contributed by atoms with Gasteiger partial charge in [0.2, 0.25) is 0 Å². The first-order valence-electron chi connectivity index (χ1n) is 5.41. The van der Waals surface area contributed by atoms with Gasteiger partial charge < -0.3 is 4.42 Å². The van der Waals surface area contributed by atoms with Crippen LogP contribution in [0.15, 0.2) is 22.6 Å². The van der Waals surface area contributed by atoms with Crippen molar-refractivity contribution in [3.8, 4) is 6.07 Å². The molecule has 2 aromatic rings. The predicted molar refractivity (Wildman–Crippen MR) is 59.8 cm³/mol. The van der Waals surface area contributed by atoms with E-state index in [0.717, 1.165) is 17.5 Å². The van der Waals surface area contributed by atoms with Crippen LogP contribution in [0.3, 0.4) is 0 Å². The second-order valence-electron chi connectivity index (χ2n) is 4.72. The Morgan fingerprint density at radius 1 is 1.56 bits per heavy atom. The lowest BCUT2D eigenvalue weighted by Crippen LogP contribution is -2.03. The number of rotatable bonds is 1. The van der Waals surface area contributed by atoms with Gasteiger partial charge in [0.1, 0.15) is 5.52 Å². The molecule has 2 unspecified atom stereocenters. The fourth-order valence-corrected chi connectivity index (χ4v) is 2.27. The molecule has 3 rings (SSSR count). The summed E-state index contributed by atoms with van der Waals surface area (Å²) in [5.41, 5.74) is 2.93. The molecule has 0 spiro atoms. The normalized spacial score (nSPS) is 27.9. The van der Waals surface area contributed by atoms with Crippen LogP contribution in [0.1, 0.15) is 24.8 Å². The van der Waals surface area contributed by atoms with E-state index in [-0.39, 0.29) is 11.3 Å². The molecule has 1 aromatic carbocycles. The SMILES string of the molecule is Cc1nc2cc(C3(C)CC3C#N)ccc2o1. The number of oxazole rings is 1. The fourth-order valence-electron chi connectivity index (χ4n) is 2.27. The molecule has 80 valence electrons. The average Bonchev–Trinajstić information content (AvgIpc) is 2.80. The lowest BCUT2D eigenvalue weighted by atomic mass is 9.95. The van der Waals surface area contributed by atoms with Crippen molar-refractivity contribution >= 4 is 11.1 Å². The number of nitrogens with zero attached hydrogens (tertiary/aromatic N) is 2. The number of nitriles is 1. The topological polar surface area (TPSA) is 49.8 Å². The Balaban J connectivity index is 2.10. The van der Waals surface area contributed by atoms with E-state index < -0.39 is 0 Å². The zero-order valence-electron chi connectivity index (χ0n) is 9.32. The highest BCUT2D eigenvalue weighted by molar-refractivity contribution is 5.74. The highest BCUT2D eigenvalue weighted by Gasteiger charge is 2.51. The molecule has 16 heavy (non-hydrogen) atoms. The Hall–Kier alpha value is -1.82. The summed E-state index contributed by atoms with van der Waals surface area (Å²) in [6, 6.07) is 8.38. The third kappa shape index (κ3) is 1.16. The number of benzene rings is 1. The first-order valence-corrected chi connectivity index (χ1v) is 5.41. The summed E-state index contributed by atoms with van der Waals surface area (Å²) in [7, 11) is 0. The van der Waals surface area contributed by atoms with E-state index in [1.165, 1.54) is 5.56 Å². The second-order valence-corrected chi connectivity index (χ2v) is 4.72. The van der Waals surface area contributed by atoms with Crippen molar-refractivity contribution < 1.29 is 4.42 Å². The molecule has 0 aliphatic heterocycles. The molecule has 0 saturated heterocycles. The molecule has 3 heteroatoms. The first-order chi connectivity index (χ1) is 7.63. The quantitative estimate of drug-likeness (QED) is 0.730. The van der Waals surface area contributed by atoms with Crippen LogP contribution in [0, 0.1) is 24.2 Å². The number of aromatic nitrogens is 1. The van der Waals surface area contributed by atoms with Crippen LogP contribution in [-0.2, 0) is 5.41 Å². The summed E-state index contributed by atoms with van der Waals surface area (Å²) in [4.78, 5) is 4.32. The van der Waals surface area contributed by atoms with Gasteiger partial charge in [-0.05, 0) is 24.1 Å². The van der Waals surface area contributed by atoms with Crippen molar-refractivity contribution in [2.75, 3.05) is 0 Å². The van der Waals surface area contributed by atoms with E-state index in [9.17, 15) is 0 Å². The Morgan fingerprint density at radius 3 is 3.06 bits per heavy atom. The smallest absolute Gasteiger partial charge is 0.192 e. The van der Waals surface area contributed by atoms with Crippen LogP contribution >= 0.6 is 0 Å². The maximum absolute atomic E-state index is 8.94. The molecule has 0 N–H and O–H groups in total. The number of hydrogen-bond acceptors (Lipinski definition) is 3. The lowest BCUT2D eigenvalue weighted by molar-refractivity contribution is 0.561. The Kier molecular flexibility index (Phi) is 1.68. The fraction of sp³-hybridized carbons (Fsp3) is 0.385. The van der Waals surface area contributed by atoms with Gasteiger partial charge in [-0.15, -0.1) is 0 Å². The van der Waals surface area contributed by atoms with Crippen LogP contribution in [0.4, 0.5) is 0 Å². The summed E-state index contributed by atoms with van der Waals surface area (Å²) in [6.07, 6.45) is 0.950. The van der Waals surface area contributed by atoms with E-state index >= 15 is 0 Å². The van der Waals surface area contributed by atoms with Crippen molar-refractivity contribution in [1.82, 2.24) is 4.98 Å². The number of hydrogen-bond donors (Lipinski definition) is 0. The number of fused-ring (bicyclic) bond motifs is 1. The standard InChI is InChI=1S/C13H12N2O/c1-8-15-11-5-9(3-4-12(11)16-8)13(2)6-10(13)7-14/h3-5,10H,6H2,1-2H3. The van der Waals surface area contributed by atoms with Gasteiger partial charge in [-0.1, -0.05) is 13.0 Å². The summed E-state index contributed by atoms with van der Waals surface area (Å²) in [6.45, 7) is 3.98. The highest BCUT2D eigenvalue weighted by atomic mass is 16.3. The molecule has 1 aliphatic rings. The molecule has 0 radical (unpaired) electrons. The van der Waals surface area contributed by atoms with Crippen molar-refractivity contribution in [3.63, 3.8) is 0 Å². The summed E-state index contributed by atoms with van der Waals surface area (Å²) in [5.74, 6) is 0.836. The minimum atomic E-state index is 0.0236. The molecule has 2 atom stereocenters. The van der Waals surface area contributed by atoms with Gasteiger partial charge in [0, 0.05) is 12.3 Å². The van der Waals surface area contributed by atoms with Gasteiger partial charge in [0.05, 0.1) is 12.0 Å². The molecular weight excluding hydrogens is 200 g/mol. The Bertz CT molecular complexity index is 608. The molecule has 0 bridgehead atoms. The van der Waals surface area contributed by atoms with Gasteiger partial charge in [0.15, 0.2) is 11.5 Å². The highest BCUT2D eigenvalue weighted by Crippen LogP contribution is 2.53. The van der Waals surface area contributed by atoms with E-state index in [4.69, 9.17) is 9.68 Å². The monoisotopic (exact) mass is 212 g/mol. The van der Waals surface area contributed by atoms with E-state index in [1.807, 2.05) is 25.1 Å². The van der Waals surface area contributed by atoms with Crippen molar-refractivity contribution in [1.29, 1.82) is 5.26 Å². The van der Waals surface area contributed by atoms with Crippen LogP contribution in [0.25, 0.3) is 11.1 Å². The van der Waals surface area contributed by atoms with Crippen LogP contribution in [-0.4, -0.2) is 4.98 Å². The third-order valence-electron chi connectivity index (χ3n) is 3.55.